The fourth-order valence-electron chi connectivity index (χ4n) is 0.780. The van der Waals surface area contributed by atoms with Crippen molar-refractivity contribution in [1.82, 2.24) is 0 Å². The largest absolute Gasteiger partial charge is 0.723 e. The Morgan fingerprint density at radius 3 is 2.40 bits per heavy atom. The second-order valence-electron chi connectivity index (χ2n) is 2.15. The first kappa shape index (κ1) is 7.25. The van der Waals surface area contributed by atoms with E-state index in [-0.39, 0.29) is 6.10 Å². The van der Waals surface area contributed by atoms with Gasteiger partial charge in [-0.2, -0.15) is 0 Å². The summed E-state index contributed by atoms with van der Waals surface area (Å²) in [5.74, 6) is 0. The summed E-state index contributed by atoms with van der Waals surface area (Å²) in [6, 6.07) is 9.39. The van der Waals surface area contributed by atoms with Crippen molar-refractivity contribution in [3.63, 3.8) is 0 Å². The topological polar surface area (TPSA) is 32.3 Å². The highest BCUT2D eigenvalue weighted by Gasteiger charge is 1.97. The van der Waals surface area contributed by atoms with Gasteiger partial charge in [-0.1, -0.05) is 30.3 Å². The van der Waals surface area contributed by atoms with Crippen molar-refractivity contribution in [3.05, 3.63) is 35.9 Å². The molecule has 0 aliphatic heterocycles. The summed E-state index contributed by atoms with van der Waals surface area (Å²) in [6.45, 7) is 1.72. The molecule has 0 bridgehead atoms. The summed E-state index contributed by atoms with van der Waals surface area (Å²) < 4.78 is 0. The van der Waals surface area contributed by atoms with Gasteiger partial charge in [-0.05, 0) is 12.5 Å². The lowest BCUT2D eigenvalue weighted by molar-refractivity contribution is -0.704. The van der Waals surface area contributed by atoms with Crippen LogP contribution in [0, 0.1) is 0 Å². The maximum atomic E-state index is 9.93. The summed E-state index contributed by atoms with van der Waals surface area (Å²) >= 11 is 0. The molecule has 0 radical (unpaired) electrons. The summed E-state index contributed by atoms with van der Waals surface area (Å²) in [7, 11) is 0. The first-order chi connectivity index (χ1) is 4.84. The van der Waals surface area contributed by atoms with Gasteiger partial charge >= 0.3 is 0 Å². The third-order valence-corrected chi connectivity index (χ3v) is 1.41. The monoisotopic (exact) mass is 137 g/mol. The van der Waals surface area contributed by atoms with Gasteiger partial charge in [0.2, 0.25) is 0 Å². The third-order valence-electron chi connectivity index (χ3n) is 1.41. The van der Waals surface area contributed by atoms with Crippen LogP contribution in [-0.4, -0.2) is 0 Å². The molecular weight excluding hydrogens is 128 g/mol. The van der Waals surface area contributed by atoms with Crippen LogP contribution in [0.2, 0.25) is 0 Å². The van der Waals surface area contributed by atoms with Crippen molar-refractivity contribution in [1.29, 1.82) is 0 Å². The molecule has 0 aliphatic carbocycles. The van der Waals surface area contributed by atoms with Crippen LogP contribution in [0.4, 0.5) is 0 Å². The minimum absolute atomic E-state index is 0.346. The van der Waals surface area contributed by atoms with Crippen LogP contribution in [0.25, 0.3) is 0 Å². The lowest BCUT2D eigenvalue weighted by Crippen LogP contribution is -2.09. The Morgan fingerprint density at radius 1 is 1.30 bits per heavy atom. The summed E-state index contributed by atoms with van der Waals surface area (Å²) in [5.41, 5.74) is 0.914. The van der Waals surface area contributed by atoms with E-state index in [2.05, 4.69) is 4.89 Å². The standard InChI is InChI=1S/C8H10O2/c1-7(10-9)8-5-3-2-4-6-8/h2-7,9H,1H3/p-1/t7-/m1/s1. The quantitative estimate of drug-likeness (QED) is 0.450. The molecule has 0 spiro atoms. The van der Waals surface area contributed by atoms with Gasteiger partial charge in [0, 0.05) is 0 Å². The van der Waals surface area contributed by atoms with Crippen molar-refractivity contribution >= 4 is 0 Å². The first-order valence-electron chi connectivity index (χ1n) is 3.18. The molecule has 0 aromatic heterocycles. The average Bonchev–Trinajstić information content (AvgIpc) is 2.05. The zero-order valence-electron chi connectivity index (χ0n) is 5.78. The zero-order valence-corrected chi connectivity index (χ0v) is 5.78. The molecule has 0 amide bonds. The smallest absolute Gasteiger partial charge is 0.0672 e. The molecule has 0 unspecified atom stereocenters. The van der Waals surface area contributed by atoms with Gasteiger partial charge in [0.1, 0.15) is 0 Å². The van der Waals surface area contributed by atoms with E-state index in [1.807, 2.05) is 30.3 Å². The first-order valence-corrected chi connectivity index (χ1v) is 3.18. The van der Waals surface area contributed by atoms with E-state index >= 15 is 0 Å². The van der Waals surface area contributed by atoms with Gasteiger partial charge in [-0.3, -0.25) is 0 Å². The van der Waals surface area contributed by atoms with Crippen LogP contribution >= 0.6 is 0 Å². The average molecular weight is 137 g/mol. The van der Waals surface area contributed by atoms with Crippen molar-refractivity contribution in [3.8, 4) is 0 Å². The van der Waals surface area contributed by atoms with Gasteiger partial charge < -0.3 is 10.1 Å². The van der Waals surface area contributed by atoms with Gasteiger partial charge in [0.25, 0.3) is 0 Å². The molecule has 10 heavy (non-hydrogen) atoms. The second kappa shape index (κ2) is 3.34. The van der Waals surface area contributed by atoms with Gasteiger partial charge in [0.05, 0.1) is 6.10 Å². The Labute approximate surface area is 60.0 Å². The van der Waals surface area contributed by atoms with Gasteiger partial charge in [0.15, 0.2) is 0 Å². The third kappa shape index (κ3) is 1.56. The number of rotatable bonds is 2. The lowest BCUT2D eigenvalue weighted by atomic mass is 10.1. The molecule has 1 aromatic carbocycles. The van der Waals surface area contributed by atoms with E-state index < -0.39 is 0 Å². The van der Waals surface area contributed by atoms with Crippen LogP contribution < -0.4 is 5.26 Å². The minimum atomic E-state index is -0.346. The Kier molecular flexibility index (Phi) is 2.42. The Morgan fingerprint density at radius 2 is 1.90 bits per heavy atom. The lowest BCUT2D eigenvalue weighted by Gasteiger charge is -2.15. The molecule has 1 aromatic rings. The minimum Gasteiger partial charge on any atom is -0.723 e. The van der Waals surface area contributed by atoms with E-state index in [0.29, 0.717) is 0 Å². The van der Waals surface area contributed by atoms with Crippen LogP contribution in [-0.2, 0) is 4.89 Å². The fraction of sp³-hybridized carbons (Fsp3) is 0.250. The molecule has 1 rings (SSSR count). The molecule has 0 heterocycles. The van der Waals surface area contributed by atoms with E-state index in [4.69, 9.17) is 0 Å². The number of hydrogen-bond donors (Lipinski definition) is 0. The van der Waals surface area contributed by atoms with Gasteiger partial charge in [-0.25, -0.2) is 0 Å². The zero-order chi connectivity index (χ0) is 7.40. The van der Waals surface area contributed by atoms with Crippen molar-refractivity contribution in [2.45, 2.75) is 13.0 Å². The predicted molar refractivity (Wildman–Crippen MR) is 35.9 cm³/mol. The highest BCUT2D eigenvalue weighted by molar-refractivity contribution is 5.16. The molecule has 54 valence electrons. The van der Waals surface area contributed by atoms with E-state index in [1.54, 1.807) is 6.92 Å². The molecule has 0 N–H and O–H groups in total. The number of benzene rings is 1. The van der Waals surface area contributed by atoms with E-state index in [1.165, 1.54) is 0 Å². The molecule has 1 atom stereocenters. The molecule has 0 fully saturated rings. The summed E-state index contributed by atoms with van der Waals surface area (Å²) in [4.78, 5) is 3.89. The van der Waals surface area contributed by atoms with E-state index in [0.717, 1.165) is 5.56 Å². The van der Waals surface area contributed by atoms with E-state index in [9.17, 15) is 5.26 Å². The maximum absolute atomic E-state index is 9.93. The van der Waals surface area contributed by atoms with Gasteiger partial charge in [-0.15, -0.1) is 0 Å². The molecule has 0 saturated heterocycles. The SMILES string of the molecule is C[C@@H](O[O-])c1ccccc1. The number of hydrogen-bond acceptors (Lipinski definition) is 2. The Hall–Kier alpha value is -0.860. The van der Waals surface area contributed by atoms with Crippen molar-refractivity contribution in [2.75, 3.05) is 0 Å². The second-order valence-corrected chi connectivity index (χ2v) is 2.15. The molecular formula is C8H9O2-. The maximum Gasteiger partial charge on any atom is 0.0672 e. The predicted octanol–water partition coefficient (Wildman–Crippen LogP) is 1.04. The summed E-state index contributed by atoms with van der Waals surface area (Å²) in [6.07, 6.45) is -0.346. The Bertz CT molecular complexity index is 184. The molecule has 0 saturated carbocycles. The van der Waals surface area contributed by atoms with Crippen LogP contribution in [0.1, 0.15) is 18.6 Å². The van der Waals surface area contributed by atoms with Crippen LogP contribution in [0.5, 0.6) is 0 Å². The summed E-state index contributed by atoms with van der Waals surface area (Å²) in [5, 5.41) is 9.93. The highest BCUT2D eigenvalue weighted by Crippen LogP contribution is 2.12. The fourth-order valence-corrected chi connectivity index (χ4v) is 0.780. The molecule has 0 aliphatic rings. The molecule has 2 nitrogen and oxygen atoms in total. The highest BCUT2D eigenvalue weighted by atomic mass is 17.1. The van der Waals surface area contributed by atoms with Crippen LogP contribution in [0.3, 0.4) is 0 Å². The van der Waals surface area contributed by atoms with Crippen LogP contribution in [0.15, 0.2) is 30.3 Å². The Balaban J connectivity index is 2.75. The van der Waals surface area contributed by atoms with Crippen molar-refractivity contribution < 1.29 is 10.1 Å². The van der Waals surface area contributed by atoms with Crippen molar-refractivity contribution in [2.24, 2.45) is 0 Å². The molecule has 2 heteroatoms. The normalized spacial score (nSPS) is 13.0.